The van der Waals surface area contributed by atoms with Crippen molar-refractivity contribution >= 4 is 49.8 Å². The minimum Gasteiger partial charge on any atom is -0.456 e. The second-order valence-corrected chi connectivity index (χ2v) is 16.3. The molecule has 0 saturated carbocycles. The summed E-state index contributed by atoms with van der Waals surface area (Å²) in [5.41, 5.74) is 19.5. The molecule has 13 rings (SSSR count). The van der Waals surface area contributed by atoms with Crippen LogP contribution in [0.2, 0.25) is 0 Å². The first kappa shape index (κ1) is 34.0. The lowest BCUT2D eigenvalue weighted by Gasteiger charge is -2.36. The SMILES string of the molecule is c1ccc(-c2ccccc2N(c2ccc3c(c2)C2(c4ccccc4-c4ccccc4-3)c3ccccc3-c3c2ccc2ccccc32)c2ccc3oc4ccccc4c3c2)cc1. The highest BCUT2D eigenvalue weighted by molar-refractivity contribution is 6.08. The Morgan fingerprint density at radius 2 is 0.902 bits per heavy atom. The maximum atomic E-state index is 6.39. The first-order valence-electron chi connectivity index (χ1n) is 21.1. The van der Waals surface area contributed by atoms with Gasteiger partial charge in [-0.1, -0.05) is 182 Å². The number of benzene rings is 10. The van der Waals surface area contributed by atoms with Crippen molar-refractivity contribution in [1.29, 1.82) is 0 Å². The molecule has 0 bridgehead atoms. The molecule has 61 heavy (non-hydrogen) atoms. The quantitative estimate of drug-likeness (QED) is 0.177. The van der Waals surface area contributed by atoms with Crippen molar-refractivity contribution in [2.75, 3.05) is 4.90 Å². The highest BCUT2D eigenvalue weighted by atomic mass is 16.3. The van der Waals surface area contributed by atoms with E-state index in [4.69, 9.17) is 4.42 Å². The standard InChI is InChI=1S/C59H37NO/c1-2-16-38(17-3-1)42-19-10-14-28-55(42)60(40-32-35-57-50(36-40)48-24-11-15-29-56(48)61-57)41-31-33-47-45-22-7-6-21-44(45)46-23-8-12-26-51(46)59(54(47)37-41)52-27-13-9-25-49(52)58-43-20-5-4-18-39(43)30-34-53(58)59/h1-37H. The van der Waals surface area contributed by atoms with Crippen molar-refractivity contribution in [2.45, 2.75) is 5.41 Å². The highest BCUT2D eigenvalue weighted by Crippen LogP contribution is 2.63. The van der Waals surface area contributed by atoms with E-state index in [1.54, 1.807) is 0 Å². The summed E-state index contributed by atoms with van der Waals surface area (Å²) >= 11 is 0. The lowest BCUT2D eigenvalue weighted by Crippen LogP contribution is -2.29. The van der Waals surface area contributed by atoms with E-state index in [0.717, 1.165) is 50.1 Å². The fourth-order valence-corrected chi connectivity index (χ4v) is 10.8. The van der Waals surface area contributed by atoms with Crippen LogP contribution in [0.4, 0.5) is 17.1 Å². The lowest BCUT2D eigenvalue weighted by molar-refractivity contribution is 0.669. The van der Waals surface area contributed by atoms with Gasteiger partial charge in [0.1, 0.15) is 11.2 Å². The molecule has 1 heterocycles. The second-order valence-electron chi connectivity index (χ2n) is 16.3. The molecular weight excluding hydrogens is 739 g/mol. The Bertz CT molecular complexity index is 3560. The van der Waals surface area contributed by atoms with Gasteiger partial charge in [-0.2, -0.15) is 0 Å². The fraction of sp³-hybridized carbons (Fsp3) is 0.0169. The summed E-state index contributed by atoms with van der Waals surface area (Å²) in [6.45, 7) is 0. The van der Waals surface area contributed by atoms with Crippen LogP contribution in [0.5, 0.6) is 0 Å². The monoisotopic (exact) mass is 775 g/mol. The van der Waals surface area contributed by atoms with Gasteiger partial charge in [0.05, 0.1) is 11.1 Å². The van der Waals surface area contributed by atoms with Crippen LogP contribution in [0.25, 0.3) is 77.2 Å². The first-order valence-corrected chi connectivity index (χ1v) is 21.1. The maximum absolute atomic E-state index is 6.39. The summed E-state index contributed by atoms with van der Waals surface area (Å²) in [6, 6.07) is 82.7. The number of anilines is 3. The van der Waals surface area contributed by atoms with E-state index in [2.05, 4.69) is 223 Å². The summed E-state index contributed by atoms with van der Waals surface area (Å²) in [7, 11) is 0. The van der Waals surface area contributed by atoms with Crippen molar-refractivity contribution in [3.05, 3.63) is 247 Å². The lowest BCUT2D eigenvalue weighted by atomic mass is 9.65. The smallest absolute Gasteiger partial charge is 0.135 e. The summed E-state index contributed by atoms with van der Waals surface area (Å²) < 4.78 is 6.39. The molecule has 1 spiro atoms. The van der Waals surface area contributed by atoms with Gasteiger partial charge in [0, 0.05) is 27.7 Å². The van der Waals surface area contributed by atoms with Crippen molar-refractivity contribution in [1.82, 2.24) is 0 Å². The Balaban J connectivity index is 1.17. The van der Waals surface area contributed by atoms with Crippen LogP contribution in [0, 0.1) is 0 Å². The van der Waals surface area contributed by atoms with E-state index in [9.17, 15) is 0 Å². The van der Waals surface area contributed by atoms with Gasteiger partial charge in [-0.15, -0.1) is 0 Å². The van der Waals surface area contributed by atoms with Gasteiger partial charge in [-0.25, -0.2) is 0 Å². The Labute approximate surface area is 354 Å². The van der Waals surface area contributed by atoms with Gasteiger partial charge in [-0.3, -0.25) is 0 Å². The molecular formula is C59H37NO. The molecule has 0 aliphatic heterocycles. The summed E-state index contributed by atoms with van der Waals surface area (Å²) in [5.74, 6) is 0. The zero-order valence-electron chi connectivity index (χ0n) is 33.2. The number of hydrogen-bond donors (Lipinski definition) is 0. The van der Waals surface area contributed by atoms with E-state index in [1.165, 1.54) is 66.4 Å². The van der Waals surface area contributed by atoms with Crippen molar-refractivity contribution in [3.63, 3.8) is 0 Å². The fourth-order valence-electron chi connectivity index (χ4n) is 10.8. The summed E-state index contributed by atoms with van der Waals surface area (Å²) in [6.07, 6.45) is 0. The van der Waals surface area contributed by atoms with Crippen LogP contribution in [-0.2, 0) is 5.41 Å². The van der Waals surface area contributed by atoms with Crippen LogP contribution < -0.4 is 4.90 Å². The molecule has 11 aromatic rings. The molecule has 284 valence electrons. The van der Waals surface area contributed by atoms with E-state index in [0.29, 0.717) is 0 Å². The van der Waals surface area contributed by atoms with Crippen molar-refractivity contribution in [2.24, 2.45) is 0 Å². The zero-order chi connectivity index (χ0) is 40.1. The highest BCUT2D eigenvalue weighted by Gasteiger charge is 2.50. The molecule has 2 nitrogen and oxygen atoms in total. The number of fused-ring (bicyclic) bond motifs is 17. The third kappa shape index (κ3) is 4.79. The molecule has 1 unspecified atom stereocenters. The summed E-state index contributed by atoms with van der Waals surface area (Å²) in [4.78, 5) is 2.46. The van der Waals surface area contributed by atoms with Crippen LogP contribution in [0.1, 0.15) is 22.3 Å². The van der Waals surface area contributed by atoms with Gasteiger partial charge < -0.3 is 9.32 Å². The predicted octanol–water partition coefficient (Wildman–Crippen LogP) is 15.9. The molecule has 0 radical (unpaired) electrons. The van der Waals surface area contributed by atoms with Gasteiger partial charge in [0.15, 0.2) is 0 Å². The molecule has 10 aromatic carbocycles. The van der Waals surface area contributed by atoms with Crippen molar-refractivity contribution < 1.29 is 4.42 Å². The van der Waals surface area contributed by atoms with Gasteiger partial charge in [0.2, 0.25) is 0 Å². The molecule has 1 atom stereocenters. The molecule has 1 aromatic heterocycles. The molecule has 2 heteroatoms. The van der Waals surface area contributed by atoms with Crippen LogP contribution in [0.15, 0.2) is 229 Å². The predicted molar refractivity (Wildman–Crippen MR) is 253 cm³/mol. The van der Waals surface area contributed by atoms with Crippen LogP contribution in [0.3, 0.4) is 0 Å². The molecule has 2 aliphatic rings. The number of para-hydroxylation sites is 2. The molecule has 0 saturated heterocycles. The minimum atomic E-state index is -0.633. The molecule has 2 aliphatic carbocycles. The minimum absolute atomic E-state index is 0.633. The third-order valence-corrected chi connectivity index (χ3v) is 13.3. The van der Waals surface area contributed by atoms with Gasteiger partial charge in [-0.05, 0) is 114 Å². The van der Waals surface area contributed by atoms with E-state index < -0.39 is 5.41 Å². The van der Waals surface area contributed by atoms with Crippen molar-refractivity contribution in [3.8, 4) is 44.5 Å². The number of nitrogens with zero attached hydrogens (tertiary/aromatic N) is 1. The van der Waals surface area contributed by atoms with Gasteiger partial charge in [0.25, 0.3) is 0 Å². The van der Waals surface area contributed by atoms with Crippen LogP contribution in [-0.4, -0.2) is 0 Å². The number of furan rings is 1. The summed E-state index contributed by atoms with van der Waals surface area (Å²) in [5, 5.41) is 4.73. The topological polar surface area (TPSA) is 16.4 Å². The number of rotatable bonds is 4. The Morgan fingerprint density at radius 1 is 0.328 bits per heavy atom. The van der Waals surface area contributed by atoms with Gasteiger partial charge >= 0.3 is 0 Å². The Morgan fingerprint density at radius 3 is 1.72 bits per heavy atom. The molecule has 0 N–H and O–H groups in total. The average molecular weight is 776 g/mol. The van der Waals surface area contributed by atoms with E-state index in [-0.39, 0.29) is 0 Å². The Kier molecular flexibility index (Phi) is 7.26. The normalized spacial score (nSPS) is 14.6. The number of hydrogen-bond acceptors (Lipinski definition) is 2. The Hall–Kier alpha value is -7.94. The second kappa shape index (κ2) is 13.0. The van der Waals surface area contributed by atoms with Crippen LogP contribution >= 0.6 is 0 Å². The van der Waals surface area contributed by atoms with E-state index >= 15 is 0 Å². The largest absolute Gasteiger partial charge is 0.456 e. The molecule has 0 fully saturated rings. The van der Waals surface area contributed by atoms with E-state index in [1.807, 2.05) is 6.07 Å². The average Bonchev–Trinajstić information content (AvgIpc) is 3.82. The zero-order valence-corrected chi connectivity index (χ0v) is 33.2. The first-order chi connectivity index (χ1) is 30.3. The third-order valence-electron chi connectivity index (χ3n) is 13.3. The maximum Gasteiger partial charge on any atom is 0.135 e. The molecule has 0 amide bonds.